The maximum atomic E-state index is 12.3. The summed E-state index contributed by atoms with van der Waals surface area (Å²) < 4.78 is 33.1. The summed E-state index contributed by atoms with van der Waals surface area (Å²) in [6, 6.07) is 14.5. The molecule has 3 aromatic rings. The van der Waals surface area contributed by atoms with Gasteiger partial charge in [0.1, 0.15) is 5.76 Å². The molecule has 1 N–H and O–H groups in total. The fourth-order valence-corrected chi connectivity index (χ4v) is 5.12. The monoisotopic (exact) mass is 411 g/mol. The van der Waals surface area contributed by atoms with Crippen LogP contribution in [-0.2, 0) is 16.4 Å². The van der Waals surface area contributed by atoms with Crippen molar-refractivity contribution in [2.75, 3.05) is 6.54 Å². The minimum Gasteiger partial charge on any atom is -0.464 e. The highest BCUT2D eigenvalue weighted by molar-refractivity contribution is 9.10. The molecule has 0 atom stereocenters. The van der Waals surface area contributed by atoms with E-state index < -0.39 is 10.0 Å². The molecule has 0 saturated heterocycles. The van der Waals surface area contributed by atoms with Crippen LogP contribution in [0.1, 0.15) is 4.88 Å². The van der Waals surface area contributed by atoms with Gasteiger partial charge in [0.05, 0.1) is 16.0 Å². The van der Waals surface area contributed by atoms with E-state index in [1.54, 1.807) is 41.9 Å². The lowest BCUT2D eigenvalue weighted by molar-refractivity contribution is 0.581. The highest BCUT2D eigenvalue weighted by Crippen LogP contribution is 2.28. The quantitative estimate of drug-likeness (QED) is 0.657. The Labute approximate surface area is 147 Å². The number of benzene rings is 1. The Bertz CT molecular complexity index is 886. The fraction of sp³-hybridized carbons (Fsp3) is 0.125. The molecule has 1 aromatic carbocycles. The van der Waals surface area contributed by atoms with E-state index in [1.165, 1.54) is 0 Å². The smallest absolute Gasteiger partial charge is 0.241 e. The van der Waals surface area contributed by atoms with Gasteiger partial charge in [-0.1, -0.05) is 12.1 Å². The predicted octanol–water partition coefficient (Wildman–Crippen LogP) is 4.29. The molecule has 0 aliphatic heterocycles. The Morgan fingerprint density at radius 2 is 1.91 bits per heavy atom. The predicted molar refractivity (Wildman–Crippen MR) is 95.1 cm³/mol. The standard InChI is InChI=1S/C16H14BrNO3S2/c17-13-4-1-2-6-16(13)23(19,20)18-10-9-12-7-8-15(22-12)14-5-3-11-21-14/h1-8,11,18H,9-10H2. The van der Waals surface area contributed by atoms with Crippen LogP contribution in [0.15, 0.2) is 68.6 Å². The number of hydrogen-bond acceptors (Lipinski definition) is 4. The highest BCUT2D eigenvalue weighted by Gasteiger charge is 2.16. The van der Waals surface area contributed by atoms with Crippen LogP contribution in [0.4, 0.5) is 0 Å². The Morgan fingerprint density at radius 1 is 1.09 bits per heavy atom. The molecule has 0 aliphatic carbocycles. The van der Waals surface area contributed by atoms with Crippen LogP contribution >= 0.6 is 27.3 Å². The number of thiophene rings is 1. The van der Waals surface area contributed by atoms with E-state index in [4.69, 9.17) is 4.42 Å². The van der Waals surface area contributed by atoms with Crippen molar-refractivity contribution < 1.29 is 12.8 Å². The maximum Gasteiger partial charge on any atom is 0.241 e. The summed E-state index contributed by atoms with van der Waals surface area (Å²) in [6.45, 7) is 0.349. The van der Waals surface area contributed by atoms with E-state index >= 15 is 0 Å². The summed E-state index contributed by atoms with van der Waals surface area (Å²) in [5.74, 6) is 0.829. The van der Waals surface area contributed by atoms with Crippen molar-refractivity contribution >= 4 is 37.3 Å². The van der Waals surface area contributed by atoms with Crippen molar-refractivity contribution in [1.82, 2.24) is 4.72 Å². The third-order valence-corrected chi connectivity index (χ3v) is 6.85. The topological polar surface area (TPSA) is 59.3 Å². The molecule has 23 heavy (non-hydrogen) atoms. The minimum absolute atomic E-state index is 0.252. The van der Waals surface area contributed by atoms with E-state index in [0.29, 0.717) is 17.4 Å². The van der Waals surface area contributed by atoms with Crippen molar-refractivity contribution in [1.29, 1.82) is 0 Å². The van der Waals surface area contributed by atoms with Gasteiger partial charge >= 0.3 is 0 Å². The van der Waals surface area contributed by atoms with E-state index in [1.807, 2.05) is 24.3 Å². The van der Waals surface area contributed by atoms with Gasteiger partial charge in [0.2, 0.25) is 10.0 Å². The van der Waals surface area contributed by atoms with E-state index in [9.17, 15) is 8.42 Å². The van der Waals surface area contributed by atoms with Gasteiger partial charge in [-0.2, -0.15) is 0 Å². The first-order chi connectivity index (χ1) is 11.1. The van der Waals surface area contributed by atoms with Crippen LogP contribution in [0.5, 0.6) is 0 Å². The molecule has 0 unspecified atom stereocenters. The first kappa shape index (κ1) is 16.4. The average Bonchev–Trinajstić information content (AvgIpc) is 3.18. The first-order valence-corrected chi connectivity index (χ1v) is 10.0. The normalized spacial score (nSPS) is 11.7. The van der Waals surface area contributed by atoms with Crippen LogP contribution in [0, 0.1) is 0 Å². The summed E-state index contributed by atoms with van der Waals surface area (Å²) in [6.07, 6.45) is 2.27. The Hall–Kier alpha value is -1.41. The van der Waals surface area contributed by atoms with Gasteiger partial charge in [-0.05, 0) is 58.7 Å². The summed E-state index contributed by atoms with van der Waals surface area (Å²) in [4.78, 5) is 2.40. The summed E-state index contributed by atoms with van der Waals surface area (Å²) in [7, 11) is -3.51. The highest BCUT2D eigenvalue weighted by atomic mass is 79.9. The molecule has 0 fully saturated rings. The molecule has 0 aliphatic rings. The summed E-state index contributed by atoms with van der Waals surface area (Å²) in [5, 5.41) is 0. The molecule has 0 bridgehead atoms. The molecule has 2 aromatic heterocycles. The molecule has 2 heterocycles. The van der Waals surface area contributed by atoms with Gasteiger partial charge < -0.3 is 4.42 Å². The zero-order valence-corrected chi connectivity index (χ0v) is 15.2. The van der Waals surface area contributed by atoms with E-state index in [-0.39, 0.29) is 4.90 Å². The maximum absolute atomic E-state index is 12.3. The third kappa shape index (κ3) is 3.92. The second-order valence-electron chi connectivity index (χ2n) is 4.82. The molecular formula is C16H14BrNO3S2. The fourth-order valence-electron chi connectivity index (χ4n) is 2.11. The van der Waals surface area contributed by atoms with Crippen LogP contribution in [0.3, 0.4) is 0 Å². The second-order valence-corrected chi connectivity index (χ2v) is 8.58. The molecule has 0 saturated carbocycles. The number of halogens is 1. The molecule has 0 spiro atoms. The Balaban J connectivity index is 1.62. The van der Waals surface area contributed by atoms with Crippen LogP contribution in [-0.4, -0.2) is 15.0 Å². The number of sulfonamides is 1. The van der Waals surface area contributed by atoms with Gasteiger partial charge in [0.15, 0.2) is 0 Å². The van der Waals surface area contributed by atoms with Crippen LogP contribution in [0.25, 0.3) is 10.6 Å². The Morgan fingerprint density at radius 3 is 2.65 bits per heavy atom. The number of nitrogens with one attached hydrogen (secondary N) is 1. The van der Waals surface area contributed by atoms with Gasteiger partial charge in [-0.25, -0.2) is 13.1 Å². The van der Waals surface area contributed by atoms with Crippen LogP contribution < -0.4 is 4.72 Å². The minimum atomic E-state index is -3.51. The second kappa shape index (κ2) is 7.00. The zero-order valence-electron chi connectivity index (χ0n) is 12.0. The molecule has 4 nitrogen and oxygen atoms in total. The molecule has 3 rings (SSSR count). The van der Waals surface area contributed by atoms with Gasteiger partial charge in [-0.3, -0.25) is 0 Å². The van der Waals surface area contributed by atoms with Gasteiger partial charge in [0, 0.05) is 15.9 Å². The first-order valence-electron chi connectivity index (χ1n) is 6.93. The van der Waals surface area contributed by atoms with E-state index in [2.05, 4.69) is 20.7 Å². The van der Waals surface area contributed by atoms with Crippen LogP contribution in [0.2, 0.25) is 0 Å². The third-order valence-electron chi connectivity index (χ3n) is 3.22. The largest absolute Gasteiger partial charge is 0.464 e. The molecule has 7 heteroatoms. The zero-order chi connectivity index (χ0) is 16.3. The Kier molecular flexibility index (Phi) is 5.01. The average molecular weight is 412 g/mol. The molecule has 0 radical (unpaired) electrons. The lowest BCUT2D eigenvalue weighted by Gasteiger charge is -2.07. The van der Waals surface area contributed by atoms with Crippen molar-refractivity contribution in [2.24, 2.45) is 0 Å². The molecular weight excluding hydrogens is 398 g/mol. The lowest BCUT2D eigenvalue weighted by atomic mass is 10.3. The molecule has 120 valence electrons. The van der Waals surface area contributed by atoms with Crippen molar-refractivity contribution in [2.45, 2.75) is 11.3 Å². The van der Waals surface area contributed by atoms with Gasteiger partial charge in [0.25, 0.3) is 0 Å². The van der Waals surface area contributed by atoms with Crippen molar-refractivity contribution in [3.63, 3.8) is 0 Å². The lowest BCUT2D eigenvalue weighted by Crippen LogP contribution is -2.26. The van der Waals surface area contributed by atoms with Crippen molar-refractivity contribution in [3.8, 4) is 10.6 Å². The number of hydrogen-bond donors (Lipinski definition) is 1. The molecule has 0 amide bonds. The summed E-state index contributed by atoms with van der Waals surface area (Å²) >= 11 is 4.87. The summed E-state index contributed by atoms with van der Waals surface area (Å²) in [5.41, 5.74) is 0. The number of rotatable bonds is 6. The van der Waals surface area contributed by atoms with Crippen molar-refractivity contribution in [3.05, 3.63) is 64.1 Å². The van der Waals surface area contributed by atoms with E-state index in [0.717, 1.165) is 15.5 Å². The SMILES string of the molecule is O=S(=O)(NCCc1ccc(-c2ccco2)s1)c1ccccc1Br. The number of furan rings is 1. The van der Waals surface area contributed by atoms with Gasteiger partial charge in [-0.15, -0.1) is 11.3 Å².